The molecule has 0 saturated carbocycles. The Bertz CT molecular complexity index is 1390. The highest BCUT2D eigenvalue weighted by Crippen LogP contribution is 2.31. The second-order valence-corrected chi connectivity index (χ2v) is 8.43. The second-order valence-electron chi connectivity index (χ2n) is 7.42. The van der Waals surface area contributed by atoms with E-state index in [1.165, 1.54) is 28.0 Å². The Morgan fingerprint density at radius 1 is 1.25 bits per heavy atom. The van der Waals surface area contributed by atoms with Crippen LogP contribution in [0, 0.1) is 6.92 Å². The Labute approximate surface area is 188 Å². The van der Waals surface area contributed by atoms with Crippen LogP contribution in [-0.4, -0.2) is 32.0 Å². The van der Waals surface area contributed by atoms with Crippen LogP contribution in [-0.2, 0) is 16.1 Å². The molecular weight excluding hydrogens is 428 g/mol. The lowest BCUT2D eigenvalue weighted by atomic mass is 9.96. The van der Waals surface area contributed by atoms with E-state index in [-0.39, 0.29) is 17.9 Å². The number of carbonyl (C=O) groups excluding carboxylic acids is 1. The molecule has 0 aliphatic carbocycles. The van der Waals surface area contributed by atoms with Crippen molar-refractivity contribution in [1.82, 2.24) is 14.3 Å². The average Bonchev–Trinajstić information content (AvgIpc) is 3.27. The van der Waals surface area contributed by atoms with E-state index in [1.54, 1.807) is 26.0 Å². The fraction of sp³-hybridized carbons (Fsp3) is 0.304. The number of thiazole rings is 1. The van der Waals surface area contributed by atoms with Crippen molar-refractivity contribution in [3.63, 3.8) is 0 Å². The molecule has 3 aromatic rings. The van der Waals surface area contributed by atoms with Crippen LogP contribution in [0.25, 0.3) is 6.08 Å². The summed E-state index contributed by atoms with van der Waals surface area (Å²) in [6.45, 7) is 8.32. The Balaban J connectivity index is 1.95. The Hall–Kier alpha value is -3.46. The first-order valence-corrected chi connectivity index (χ1v) is 11.2. The molecule has 0 fully saturated rings. The molecule has 1 N–H and O–H groups in total. The van der Waals surface area contributed by atoms with E-state index in [4.69, 9.17) is 4.74 Å². The van der Waals surface area contributed by atoms with E-state index in [0.717, 1.165) is 17.8 Å². The number of ether oxygens (including phenoxy) is 1. The molecule has 0 bridgehead atoms. The number of esters is 1. The summed E-state index contributed by atoms with van der Waals surface area (Å²) in [6.07, 6.45) is 3.72. The number of fused-ring (bicyclic) bond motifs is 1. The van der Waals surface area contributed by atoms with Crippen molar-refractivity contribution in [2.24, 2.45) is 4.99 Å². The van der Waals surface area contributed by atoms with Gasteiger partial charge in [-0.3, -0.25) is 14.0 Å². The summed E-state index contributed by atoms with van der Waals surface area (Å²) in [5, 5.41) is 14.2. The van der Waals surface area contributed by atoms with Crippen LogP contribution >= 0.6 is 11.3 Å². The molecule has 1 aliphatic heterocycles. The zero-order valence-corrected chi connectivity index (χ0v) is 19.1. The number of benzene rings is 1. The number of phenols is 1. The van der Waals surface area contributed by atoms with Crippen molar-refractivity contribution in [2.45, 2.75) is 40.3 Å². The highest BCUT2D eigenvalue weighted by Gasteiger charge is 2.33. The lowest BCUT2D eigenvalue weighted by Gasteiger charge is -2.24. The van der Waals surface area contributed by atoms with Gasteiger partial charge in [-0.25, -0.2) is 9.79 Å². The number of nitrogens with zero attached hydrogens (tertiary/aromatic N) is 4. The lowest BCUT2D eigenvalue weighted by molar-refractivity contribution is -0.139. The van der Waals surface area contributed by atoms with Crippen LogP contribution in [0.1, 0.15) is 43.6 Å². The molecule has 9 heteroatoms. The van der Waals surface area contributed by atoms with Gasteiger partial charge in [0.1, 0.15) is 5.75 Å². The minimum absolute atomic E-state index is 0.1000. The maximum absolute atomic E-state index is 13.5. The molecule has 4 rings (SSSR count). The average molecular weight is 453 g/mol. The molecule has 166 valence electrons. The molecule has 32 heavy (non-hydrogen) atoms. The SMILES string of the molecule is CCOC(=O)C1=C(C)N=c2s/c(=C\c3cn(CC)nc3C)c(=O)n2C1c1ccc(O)cc1. The third-order valence-corrected chi connectivity index (χ3v) is 6.30. The molecular formula is C23H24N4O4S. The van der Waals surface area contributed by atoms with E-state index in [2.05, 4.69) is 10.1 Å². The van der Waals surface area contributed by atoms with Crippen molar-refractivity contribution in [1.29, 1.82) is 0 Å². The van der Waals surface area contributed by atoms with Crippen molar-refractivity contribution in [2.75, 3.05) is 6.61 Å². The molecule has 0 saturated heterocycles. The smallest absolute Gasteiger partial charge is 0.338 e. The summed E-state index contributed by atoms with van der Waals surface area (Å²) in [7, 11) is 0. The number of aromatic hydroxyl groups is 1. The van der Waals surface area contributed by atoms with Crippen molar-refractivity contribution in [3.05, 3.63) is 78.2 Å². The van der Waals surface area contributed by atoms with E-state index >= 15 is 0 Å². The van der Waals surface area contributed by atoms with E-state index in [9.17, 15) is 14.7 Å². The van der Waals surface area contributed by atoms with Crippen LogP contribution in [0.3, 0.4) is 0 Å². The largest absolute Gasteiger partial charge is 0.508 e. The molecule has 1 atom stereocenters. The van der Waals surface area contributed by atoms with E-state index in [1.807, 2.05) is 30.8 Å². The predicted octanol–water partition coefficient (Wildman–Crippen LogP) is 2.03. The normalized spacial score (nSPS) is 16.1. The fourth-order valence-corrected chi connectivity index (χ4v) is 4.78. The highest BCUT2D eigenvalue weighted by molar-refractivity contribution is 7.07. The number of rotatable bonds is 5. The molecule has 2 aromatic heterocycles. The van der Waals surface area contributed by atoms with Crippen LogP contribution < -0.4 is 14.9 Å². The first kappa shape index (κ1) is 21.8. The van der Waals surface area contributed by atoms with Crippen LogP contribution in [0.2, 0.25) is 0 Å². The summed E-state index contributed by atoms with van der Waals surface area (Å²) >= 11 is 1.27. The Kier molecular flexibility index (Phi) is 5.84. The minimum atomic E-state index is -0.701. The first-order chi connectivity index (χ1) is 15.3. The van der Waals surface area contributed by atoms with Crippen molar-refractivity contribution < 1.29 is 14.6 Å². The molecule has 3 heterocycles. The second kappa shape index (κ2) is 8.58. The van der Waals surface area contributed by atoms with Gasteiger partial charge in [0.2, 0.25) is 0 Å². The summed E-state index contributed by atoms with van der Waals surface area (Å²) in [4.78, 5) is 31.4. The molecule has 1 unspecified atom stereocenters. The van der Waals surface area contributed by atoms with Gasteiger partial charge in [-0.1, -0.05) is 23.5 Å². The fourth-order valence-electron chi connectivity index (χ4n) is 3.74. The van der Waals surface area contributed by atoms with Gasteiger partial charge in [0.05, 0.1) is 34.1 Å². The number of hydrogen-bond acceptors (Lipinski definition) is 7. The van der Waals surface area contributed by atoms with Gasteiger partial charge in [-0.05, 0) is 51.5 Å². The number of phenolic OH excluding ortho intramolecular Hbond substituents is 1. The monoisotopic (exact) mass is 452 g/mol. The Morgan fingerprint density at radius 3 is 2.59 bits per heavy atom. The number of aromatic nitrogens is 3. The maximum atomic E-state index is 13.5. The molecule has 1 aliphatic rings. The van der Waals surface area contributed by atoms with E-state index < -0.39 is 12.0 Å². The lowest BCUT2D eigenvalue weighted by Crippen LogP contribution is -2.39. The third kappa shape index (κ3) is 3.80. The van der Waals surface area contributed by atoms with E-state index in [0.29, 0.717) is 26.2 Å². The zero-order chi connectivity index (χ0) is 23.0. The van der Waals surface area contributed by atoms with Gasteiger partial charge in [0.25, 0.3) is 5.56 Å². The van der Waals surface area contributed by atoms with Crippen molar-refractivity contribution >= 4 is 23.4 Å². The maximum Gasteiger partial charge on any atom is 0.338 e. The van der Waals surface area contributed by atoms with Gasteiger partial charge in [-0.15, -0.1) is 0 Å². The topological polar surface area (TPSA) is 98.7 Å². The van der Waals surface area contributed by atoms with Gasteiger partial charge < -0.3 is 9.84 Å². The summed E-state index contributed by atoms with van der Waals surface area (Å²) in [6, 6.07) is 5.76. The van der Waals surface area contributed by atoms with Gasteiger partial charge in [0, 0.05) is 18.3 Å². The number of allylic oxidation sites excluding steroid dienone is 1. The van der Waals surface area contributed by atoms with Gasteiger partial charge >= 0.3 is 5.97 Å². The van der Waals surface area contributed by atoms with Gasteiger partial charge in [-0.2, -0.15) is 5.10 Å². The first-order valence-electron chi connectivity index (χ1n) is 10.4. The highest BCUT2D eigenvalue weighted by atomic mass is 32.1. The zero-order valence-electron chi connectivity index (χ0n) is 18.3. The predicted molar refractivity (Wildman–Crippen MR) is 121 cm³/mol. The number of aryl methyl sites for hydroxylation is 2. The van der Waals surface area contributed by atoms with Crippen LogP contribution in [0.5, 0.6) is 5.75 Å². The summed E-state index contributed by atoms with van der Waals surface area (Å²) < 4.78 is 9.13. The number of hydrogen-bond donors (Lipinski definition) is 1. The quantitative estimate of drug-likeness (QED) is 0.598. The van der Waals surface area contributed by atoms with Gasteiger partial charge in [0.15, 0.2) is 4.80 Å². The third-order valence-electron chi connectivity index (χ3n) is 5.32. The van der Waals surface area contributed by atoms with Crippen LogP contribution in [0.15, 0.2) is 51.5 Å². The van der Waals surface area contributed by atoms with Crippen molar-refractivity contribution in [3.8, 4) is 5.75 Å². The summed E-state index contributed by atoms with van der Waals surface area (Å²) in [5.74, 6) is -0.413. The molecule has 1 aromatic carbocycles. The molecule has 0 radical (unpaired) electrons. The number of carbonyl (C=O) groups is 1. The molecule has 0 amide bonds. The summed E-state index contributed by atoms with van der Waals surface area (Å²) in [5.41, 5.74) is 2.94. The molecule has 8 nitrogen and oxygen atoms in total. The molecule has 0 spiro atoms. The Morgan fingerprint density at radius 2 is 1.97 bits per heavy atom. The van der Waals surface area contributed by atoms with Crippen LogP contribution in [0.4, 0.5) is 0 Å². The minimum Gasteiger partial charge on any atom is -0.508 e. The standard InChI is InChI=1S/C23H24N4O4S/c1-5-26-12-16(13(3)25-26)11-18-21(29)27-20(15-7-9-17(28)10-8-15)19(22(30)31-6-2)14(4)24-23(27)32-18/h7-12,20,28H,5-6H2,1-4H3/b18-11-.